The number of benzene rings is 4. The first-order valence-corrected chi connectivity index (χ1v) is 18.9. The number of likely N-dealkylation sites (tertiary alicyclic amines) is 1. The average molecular weight is 759 g/mol. The molecule has 3 aliphatic rings. The molecular formula is C39H42FN5O8P+. The second kappa shape index (κ2) is 15.8. The number of nitrogens with zero attached hydrogens (tertiary/aromatic N) is 3. The number of carbonyl (C=O) groups excluding carboxylic acids is 3. The van der Waals surface area contributed by atoms with E-state index in [0.717, 1.165) is 39.2 Å². The zero-order valence-corrected chi connectivity index (χ0v) is 31.2. The number of nitrogens with one attached hydrogen (secondary N) is 2. The van der Waals surface area contributed by atoms with Gasteiger partial charge in [-0.3, -0.25) is 24.2 Å². The molecule has 1 unspecified atom stereocenters. The molecule has 3 aromatic rings. The molecule has 3 aromatic carbocycles. The molecule has 13 nitrogen and oxygen atoms in total. The third-order valence-corrected chi connectivity index (χ3v) is 9.90. The topological polar surface area (TPSA) is 165 Å². The Morgan fingerprint density at radius 1 is 0.963 bits per heavy atom. The number of carbonyl (C=O) groups is 3. The maximum Gasteiger partial charge on any atom is 0.524 e. The molecule has 1 fully saturated rings. The summed E-state index contributed by atoms with van der Waals surface area (Å²) in [5.41, 5.74) is 4.33. The fourth-order valence-corrected chi connectivity index (χ4v) is 7.03. The lowest BCUT2D eigenvalue weighted by atomic mass is 9.89. The number of para-hydroxylation sites is 1. The van der Waals surface area contributed by atoms with Crippen LogP contribution >= 0.6 is 7.82 Å². The predicted molar refractivity (Wildman–Crippen MR) is 202 cm³/mol. The third kappa shape index (κ3) is 8.31. The zero-order chi connectivity index (χ0) is 38.7. The van der Waals surface area contributed by atoms with Gasteiger partial charge in [0, 0.05) is 78.6 Å². The largest absolute Gasteiger partial charge is 0.524 e. The van der Waals surface area contributed by atoms with Gasteiger partial charge in [0.15, 0.2) is 0 Å². The average Bonchev–Trinajstić information content (AvgIpc) is 3.15. The number of hydrogen-bond acceptors (Lipinski definition) is 7. The van der Waals surface area contributed by atoms with Gasteiger partial charge >= 0.3 is 7.82 Å². The quantitative estimate of drug-likeness (QED) is 0.0694. The van der Waals surface area contributed by atoms with E-state index >= 15 is 0 Å². The molecule has 0 bridgehead atoms. The van der Waals surface area contributed by atoms with Crippen molar-refractivity contribution in [2.75, 3.05) is 52.8 Å². The summed E-state index contributed by atoms with van der Waals surface area (Å²) < 4.78 is 39.2. The minimum Gasteiger partial charge on any atom is -0.456 e. The van der Waals surface area contributed by atoms with Crippen LogP contribution in [0.4, 0.5) is 10.1 Å². The van der Waals surface area contributed by atoms with Crippen LogP contribution in [0.1, 0.15) is 34.9 Å². The van der Waals surface area contributed by atoms with Crippen LogP contribution in [0, 0.1) is 5.92 Å². The van der Waals surface area contributed by atoms with Crippen molar-refractivity contribution in [1.82, 2.24) is 20.1 Å². The standard InChI is InChI=1S/C39H41FN5O8P/c1-43(2)25-13-15-29-33(21-25)52-34-22-26(44(3)4)14-16-30(34)35(29)27-9-5-6-10-28(27)39(48)45-19-17-24(18-20-45)37(46)41-23-42-38(47)36(40)31-11-7-8-12-32(31)53-54(49,50)51/h5-16,21-22,24,36H,17-20,23H2,1-4H3,(H3-,41,42,46,47,49,50,51)/p+1. The van der Waals surface area contributed by atoms with Crippen molar-refractivity contribution in [1.29, 1.82) is 0 Å². The molecule has 1 saturated heterocycles. The normalized spacial score (nSPS) is 14.1. The lowest BCUT2D eigenvalue weighted by Crippen LogP contribution is -2.45. The fraction of sp³-hybridized carbons (Fsp3) is 0.282. The van der Waals surface area contributed by atoms with Gasteiger partial charge in [-0.25, -0.2) is 13.5 Å². The van der Waals surface area contributed by atoms with Crippen molar-refractivity contribution in [3.8, 4) is 28.2 Å². The predicted octanol–water partition coefficient (Wildman–Crippen LogP) is 4.53. The molecule has 0 aromatic heterocycles. The van der Waals surface area contributed by atoms with Crippen LogP contribution in [-0.2, 0) is 14.2 Å². The van der Waals surface area contributed by atoms with Gasteiger partial charge in [-0.1, -0.05) is 36.4 Å². The van der Waals surface area contributed by atoms with Crippen LogP contribution in [0.3, 0.4) is 0 Å². The first-order chi connectivity index (χ1) is 25.7. The van der Waals surface area contributed by atoms with Crippen molar-refractivity contribution in [2.45, 2.75) is 19.0 Å². The third-order valence-electron chi connectivity index (χ3n) is 9.47. The molecule has 1 aliphatic carbocycles. The van der Waals surface area contributed by atoms with Gasteiger partial charge in [-0.15, -0.1) is 0 Å². The van der Waals surface area contributed by atoms with E-state index in [4.69, 9.17) is 14.2 Å². The fourth-order valence-electron chi connectivity index (χ4n) is 6.61. The Hall–Kier alpha value is -5.56. The van der Waals surface area contributed by atoms with E-state index in [9.17, 15) is 23.3 Å². The van der Waals surface area contributed by atoms with Crippen molar-refractivity contribution in [3.63, 3.8) is 0 Å². The monoisotopic (exact) mass is 758 g/mol. The summed E-state index contributed by atoms with van der Waals surface area (Å²) in [6.07, 6.45) is -1.55. The molecule has 54 heavy (non-hydrogen) atoms. The van der Waals surface area contributed by atoms with E-state index in [1.807, 2.05) is 98.3 Å². The SMILES string of the molecule is CN(C)c1ccc2c(-c3ccccc3C(=O)N3CCC(C(=O)NCNC(=O)C(F)c4ccccc4OP(=O)(O)O)CC3)c3ccc(=[N+](C)C)cc-3oc2c1. The van der Waals surface area contributed by atoms with E-state index in [0.29, 0.717) is 42.8 Å². The maximum atomic E-state index is 15.0. The van der Waals surface area contributed by atoms with Crippen LogP contribution < -0.4 is 30.0 Å². The van der Waals surface area contributed by atoms with E-state index in [1.165, 1.54) is 18.2 Å². The number of halogens is 1. The molecule has 2 heterocycles. The summed E-state index contributed by atoms with van der Waals surface area (Å²) in [6.45, 7) is 0.276. The number of hydrogen-bond donors (Lipinski definition) is 4. The van der Waals surface area contributed by atoms with Gasteiger partial charge in [0.25, 0.3) is 11.8 Å². The number of rotatable bonds is 10. The Balaban J connectivity index is 1.15. The van der Waals surface area contributed by atoms with Crippen molar-refractivity contribution >= 4 is 42.2 Å². The molecule has 6 rings (SSSR count). The second-order valence-electron chi connectivity index (χ2n) is 13.5. The minimum atomic E-state index is -4.99. The number of anilines is 1. The Labute approximate surface area is 311 Å². The van der Waals surface area contributed by atoms with Gasteiger partial charge in [0.2, 0.25) is 17.4 Å². The summed E-state index contributed by atoms with van der Waals surface area (Å²) >= 11 is 0. The van der Waals surface area contributed by atoms with Crippen LogP contribution in [0.2, 0.25) is 0 Å². The number of piperidine rings is 1. The zero-order valence-electron chi connectivity index (χ0n) is 30.3. The Morgan fingerprint density at radius 3 is 2.37 bits per heavy atom. The summed E-state index contributed by atoms with van der Waals surface area (Å²) in [5, 5.41) is 6.72. The highest BCUT2D eigenvalue weighted by Crippen LogP contribution is 2.43. The molecule has 0 spiro atoms. The van der Waals surface area contributed by atoms with Crippen LogP contribution in [0.5, 0.6) is 5.75 Å². The number of alkyl halides is 1. The number of amides is 3. The summed E-state index contributed by atoms with van der Waals surface area (Å²) in [7, 11) is 2.87. The van der Waals surface area contributed by atoms with Gasteiger partial charge in [0.05, 0.1) is 12.7 Å². The molecule has 0 radical (unpaired) electrons. The van der Waals surface area contributed by atoms with Gasteiger partial charge in [-0.05, 0) is 48.7 Å². The minimum absolute atomic E-state index is 0.161. The number of fused-ring (bicyclic) bond motifs is 2. The van der Waals surface area contributed by atoms with Gasteiger partial charge in [0.1, 0.15) is 31.2 Å². The highest BCUT2D eigenvalue weighted by molar-refractivity contribution is 7.46. The van der Waals surface area contributed by atoms with Crippen molar-refractivity contribution in [2.24, 2.45) is 5.92 Å². The molecular weight excluding hydrogens is 716 g/mol. The summed E-state index contributed by atoms with van der Waals surface area (Å²) in [6, 6.07) is 24.6. The lowest BCUT2D eigenvalue weighted by molar-refractivity contribution is -0.128. The first-order valence-electron chi connectivity index (χ1n) is 17.3. The lowest BCUT2D eigenvalue weighted by Gasteiger charge is -2.32. The van der Waals surface area contributed by atoms with Gasteiger partial charge < -0.3 is 29.4 Å². The Bertz CT molecular complexity index is 2310. The first kappa shape index (κ1) is 38.2. The molecule has 0 saturated carbocycles. The summed E-state index contributed by atoms with van der Waals surface area (Å²) in [4.78, 5) is 61.7. The highest BCUT2D eigenvalue weighted by Gasteiger charge is 2.31. The van der Waals surface area contributed by atoms with E-state index in [2.05, 4.69) is 15.2 Å². The molecule has 282 valence electrons. The number of phosphoric ester groups is 1. The molecule has 3 amide bonds. The molecule has 15 heteroatoms. The van der Waals surface area contributed by atoms with E-state index in [1.54, 1.807) is 4.90 Å². The van der Waals surface area contributed by atoms with Crippen LogP contribution in [-0.4, -0.2) is 80.4 Å². The molecule has 4 N–H and O–H groups in total. The maximum absolute atomic E-state index is 15.0. The number of phosphoric acid groups is 1. The van der Waals surface area contributed by atoms with Crippen molar-refractivity contribution in [3.05, 3.63) is 101 Å². The Kier molecular flexibility index (Phi) is 11.2. The summed E-state index contributed by atoms with van der Waals surface area (Å²) in [5.74, 6) is -1.88. The second-order valence-corrected chi connectivity index (χ2v) is 14.6. The van der Waals surface area contributed by atoms with Gasteiger partial charge in [-0.2, -0.15) is 0 Å². The van der Waals surface area contributed by atoms with E-state index < -0.39 is 31.6 Å². The van der Waals surface area contributed by atoms with Crippen LogP contribution in [0.25, 0.3) is 33.4 Å². The van der Waals surface area contributed by atoms with Crippen LogP contribution in [0.15, 0.2) is 89.3 Å². The van der Waals surface area contributed by atoms with Crippen molar-refractivity contribution < 1.29 is 42.1 Å². The highest BCUT2D eigenvalue weighted by atomic mass is 31.2. The molecule has 2 aliphatic heterocycles. The Morgan fingerprint density at radius 2 is 1.67 bits per heavy atom. The smallest absolute Gasteiger partial charge is 0.456 e. The van der Waals surface area contributed by atoms with E-state index in [-0.39, 0.29) is 24.0 Å². The molecule has 1 atom stereocenters.